The van der Waals surface area contributed by atoms with Crippen LogP contribution in [0.2, 0.25) is 0 Å². The molecule has 4 heteroatoms. The number of imidazole rings is 1. The van der Waals surface area contributed by atoms with Gasteiger partial charge in [0.2, 0.25) is 0 Å². The van der Waals surface area contributed by atoms with Gasteiger partial charge in [0.25, 0.3) is 0 Å². The summed E-state index contributed by atoms with van der Waals surface area (Å²) in [5.74, 6) is 0.411. The van der Waals surface area contributed by atoms with Crippen LogP contribution in [0.25, 0.3) is 5.65 Å². The molecule has 2 aromatic heterocycles. The molecule has 0 unspecified atom stereocenters. The molecule has 0 aliphatic rings. The second-order valence-corrected chi connectivity index (χ2v) is 6.60. The Bertz CT molecular complexity index is 791. The third-order valence-corrected chi connectivity index (χ3v) is 4.25. The number of pyridine rings is 1. The summed E-state index contributed by atoms with van der Waals surface area (Å²) in [6.45, 7) is 6.40. The van der Waals surface area contributed by atoms with Crippen LogP contribution in [0.15, 0.2) is 47.5 Å². The Morgan fingerprint density at radius 2 is 1.91 bits per heavy atom. The third-order valence-electron chi connectivity index (χ3n) is 3.80. The van der Waals surface area contributed by atoms with E-state index in [2.05, 4.69) is 43.5 Å². The molecule has 22 heavy (non-hydrogen) atoms. The van der Waals surface area contributed by atoms with Crippen LogP contribution >= 0.6 is 12.1 Å². The molecule has 3 aromatic rings. The zero-order chi connectivity index (χ0) is 15.7. The maximum Gasteiger partial charge on any atom is 0.137 e. The summed E-state index contributed by atoms with van der Waals surface area (Å²) < 4.78 is 14.7. The van der Waals surface area contributed by atoms with E-state index in [4.69, 9.17) is 4.98 Å². The molecule has 0 amide bonds. The van der Waals surface area contributed by atoms with E-state index in [0.29, 0.717) is 10.8 Å². The van der Waals surface area contributed by atoms with Crippen molar-refractivity contribution < 1.29 is 3.89 Å². The van der Waals surface area contributed by atoms with Gasteiger partial charge in [-0.25, -0.2) is 4.98 Å². The van der Waals surface area contributed by atoms with Crippen LogP contribution in [-0.4, -0.2) is 9.38 Å². The molecule has 2 heterocycles. The van der Waals surface area contributed by atoms with Crippen molar-refractivity contribution in [2.24, 2.45) is 0 Å². The lowest BCUT2D eigenvalue weighted by atomic mass is 10.1. The number of aryl methyl sites for hydroxylation is 1. The minimum atomic E-state index is 0.280. The molecule has 2 nitrogen and oxygen atoms in total. The number of halogens is 1. The monoisotopic (exact) mass is 314 g/mol. The first-order valence-corrected chi connectivity index (χ1v) is 8.14. The lowest BCUT2D eigenvalue weighted by Crippen LogP contribution is -1.98. The number of hydrogen-bond acceptors (Lipinski definition) is 2. The van der Waals surface area contributed by atoms with E-state index in [1.54, 1.807) is 0 Å². The van der Waals surface area contributed by atoms with Crippen LogP contribution in [0, 0.1) is 6.92 Å². The first-order valence-electron chi connectivity index (χ1n) is 7.43. The van der Waals surface area contributed by atoms with Gasteiger partial charge >= 0.3 is 0 Å². The highest BCUT2D eigenvalue weighted by Gasteiger charge is 2.10. The molecule has 1 aromatic carbocycles. The molecule has 0 saturated carbocycles. The molecule has 0 bridgehead atoms. The average molecular weight is 314 g/mol. The van der Waals surface area contributed by atoms with E-state index in [1.165, 1.54) is 16.8 Å². The summed E-state index contributed by atoms with van der Waals surface area (Å²) in [5.41, 5.74) is 5.68. The highest BCUT2D eigenvalue weighted by Crippen LogP contribution is 2.22. The van der Waals surface area contributed by atoms with E-state index < -0.39 is 0 Å². The second-order valence-electron chi connectivity index (χ2n) is 5.97. The van der Waals surface area contributed by atoms with Crippen LogP contribution < -0.4 is 0 Å². The number of nitrogens with zero attached hydrogens (tertiary/aromatic N) is 2. The van der Waals surface area contributed by atoms with Crippen molar-refractivity contribution in [2.45, 2.75) is 38.0 Å². The Balaban J connectivity index is 2.01. The second kappa shape index (κ2) is 6.13. The number of benzene rings is 1. The Hall–Kier alpha value is -1.81. The first-order chi connectivity index (χ1) is 10.6. The predicted octanol–water partition coefficient (Wildman–Crippen LogP) is 5.33. The Kier molecular flexibility index (Phi) is 4.21. The topological polar surface area (TPSA) is 17.3 Å². The summed E-state index contributed by atoms with van der Waals surface area (Å²) in [6, 6.07) is 11.9. The first kappa shape index (κ1) is 15.1. The van der Waals surface area contributed by atoms with Gasteiger partial charge in [-0.1, -0.05) is 26.0 Å². The quantitative estimate of drug-likeness (QED) is 0.647. The van der Waals surface area contributed by atoms with E-state index in [9.17, 15) is 3.89 Å². The van der Waals surface area contributed by atoms with Crippen LogP contribution in [0.3, 0.4) is 0 Å². The minimum absolute atomic E-state index is 0.280. The molecule has 0 spiro atoms. The Morgan fingerprint density at radius 1 is 1.18 bits per heavy atom. The summed E-state index contributed by atoms with van der Waals surface area (Å²) in [5, 5.41) is 0. The van der Waals surface area contributed by atoms with Gasteiger partial charge in [0.15, 0.2) is 0 Å². The van der Waals surface area contributed by atoms with Crippen molar-refractivity contribution in [3.05, 3.63) is 65.1 Å². The number of fused-ring (bicyclic) bond motifs is 1. The van der Waals surface area contributed by atoms with E-state index >= 15 is 0 Å². The lowest BCUT2D eigenvalue weighted by molar-refractivity contribution is 0.833. The smallest absolute Gasteiger partial charge is 0.137 e. The van der Waals surface area contributed by atoms with Crippen molar-refractivity contribution in [3.63, 3.8) is 0 Å². The summed E-state index contributed by atoms with van der Waals surface area (Å²) in [4.78, 5) is 5.35. The fourth-order valence-corrected chi connectivity index (χ4v) is 2.84. The van der Waals surface area contributed by atoms with Crippen molar-refractivity contribution in [2.75, 3.05) is 0 Å². The predicted molar refractivity (Wildman–Crippen MR) is 90.2 cm³/mol. The van der Waals surface area contributed by atoms with Gasteiger partial charge < -0.3 is 4.40 Å². The molecule has 0 saturated heterocycles. The SMILES string of the molecule is Cc1cc(Cc2ccc(SF)cc2)n2cc(C(C)C)nc2c1. The Labute approximate surface area is 134 Å². The fourth-order valence-electron chi connectivity index (χ4n) is 2.61. The van der Waals surface area contributed by atoms with Crippen LogP contribution in [-0.2, 0) is 6.42 Å². The Morgan fingerprint density at radius 3 is 2.55 bits per heavy atom. The van der Waals surface area contributed by atoms with Gasteiger partial charge in [0.05, 0.1) is 17.8 Å². The largest absolute Gasteiger partial charge is 0.303 e. The molecule has 0 fully saturated rings. The van der Waals surface area contributed by atoms with Gasteiger partial charge in [0, 0.05) is 23.2 Å². The van der Waals surface area contributed by atoms with Crippen LogP contribution in [0.1, 0.15) is 42.3 Å². The summed E-state index contributed by atoms with van der Waals surface area (Å²) in [6.07, 6.45) is 2.93. The standard InChI is InChI=1S/C18H19FN2S/c1-12(2)17-11-21-15(8-13(3)9-18(21)20-17)10-14-4-6-16(22-19)7-5-14/h4-9,11-12H,10H2,1-3H3. The van der Waals surface area contributed by atoms with Gasteiger partial charge in [-0.05, 0) is 48.2 Å². The molecule has 0 aliphatic heterocycles. The zero-order valence-corrected chi connectivity index (χ0v) is 13.8. The molecule has 3 rings (SSSR count). The highest BCUT2D eigenvalue weighted by atomic mass is 32.2. The van der Waals surface area contributed by atoms with Crippen molar-refractivity contribution in [1.29, 1.82) is 0 Å². The number of hydrogen-bond donors (Lipinski definition) is 0. The molecular weight excluding hydrogens is 295 g/mol. The molecule has 0 radical (unpaired) electrons. The lowest BCUT2D eigenvalue weighted by Gasteiger charge is -2.08. The molecule has 0 aliphatic carbocycles. The van der Waals surface area contributed by atoms with Crippen molar-refractivity contribution >= 4 is 17.8 Å². The number of rotatable bonds is 4. The van der Waals surface area contributed by atoms with E-state index in [1.807, 2.05) is 24.3 Å². The van der Waals surface area contributed by atoms with Crippen molar-refractivity contribution in [1.82, 2.24) is 9.38 Å². The highest BCUT2D eigenvalue weighted by molar-refractivity contribution is 7.94. The van der Waals surface area contributed by atoms with Crippen LogP contribution in [0.5, 0.6) is 0 Å². The normalized spacial score (nSPS) is 11.5. The summed E-state index contributed by atoms with van der Waals surface area (Å²) >= 11 is 0.280. The molecular formula is C18H19FN2S. The third kappa shape index (κ3) is 3.02. The average Bonchev–Trinajstić information content (AvgIpc) is 2.92. The van der Waals surface area contributed by atoms with Gasteiger partial charge in [-0.2, -0.15) is 3.89 Å². The summed E-state index contributed by atoms with van der Waals surface area (Å²) in [7, 11) is 0. The van der Waals surface area contributed by atoms with E-state index in [0.717, 1.165) is 17.8 Å². The van der Waals surface area contributed by atoms with E-state index in [-0.39, 0.29) is 12.1 Å². The fraction of sp³-hybridized carbons (Fsp3) is 0.278. The number of aromatic nitrogens is 2. The maximum atomic E-state index is 12.5. The van der Waals surface area contributed by atoms with Gasteiger partial charge in [-0.15, -0.1) is 0 Å². The molecule has 0 atom stereocenters. The van der Waals surface area contributed by atoms with Crippen molar-refractivity contribution in [3.8, 4) is 0 Å². The van der Waals surface area contributed by atoms with Crippen LogP contribution in [0.4, 0.5) is 3.89 Å². The zero-order valence-electron chi connectivity index (χ0n) is 13.0. The molecule has 114 valence electrons. The maximum absolute atomic E-state index is 12.5. The van der Waals surface area contributed by atoms with Gasteiger partial charge in [-0.3, -0.25) is 0 Å². The van der Waals surface area contributed by atoms with Gasteiger partial charge in [0.1, 0.15) is 5.65 Å². The minimum Gasteiger partial charge on any atom is -0.303 e. The molecule has 0 N–H and O–H groups in total.